The first kappa shape index (κ1) is 17.1. The molecule has 2 aromatic carbocycles. The highest BCUT2D eigenvalue weighted by molar-refractivity contribution is 5.71. The van der Waals surface area contributed by atoms with Gasteiger partial charge in [0.1, 0.15) is 11.6 Å². The summed E-state index contributed by atoms with van der Waals surface area (Å²) in [6.07, 6.45) is -0.102. The van der Waals surface area contributed by atoms with Crippen LogP contribution in [0.3, 0.4) is 0 Å². The Kier molecular flexibility index (Phi) is 5.45. The van der Waals surface area contributed by atoms with Gasteiger partial charge in [-0.05, 0) is 29.7 Å². The Morgan fingerprint density at radius 2 is 1.87 bits per heavy atom. The molecule has 0 aliphatic carbocycles. The lowest BCUT2D eigenvalue weighted by atomic mass is 9.85. The number of hydrogen-bond acceptors (Lipinski definition) is 3. The van der Waals surface area contributed by atoms with Gasteiger partial charge in [-0.15, -0.1) is 0 Å². The molecule has 3 nitrogen and oxygen atoms in total. The molecule has 2 rings (SSSR count). The molecule has 0 radical (unpaired) electrons. The van der Waals surface area contributed by atoms with Gasteiger partial charge in [-0.2, -0.15) is 0 Å². The van der Waals surface area contributed by atoms with Crippen LogP contribution in [0, 0.1) is 18.6 Å². The van der Waals surface area contributed by atoms with E-state index in [0.717, 1.165) is 17.7 Å². The van der Waals surface area contributed by atoms with Crippen molar-refractivity contribution in [2.75, 3.05) is 7.11 Å². The second kappa shape index (κ2) is 7.33. The van der Waals surface area contributed by atoms with E-state index in [1.54, 1.807) is 12.1 Å². The van der Waals surface area contributed by atoms with Gasteiger partial charge in [0, 0.05) is 12.0 Å². The van der Waals surface area contributed by atoms with E-state index in [0.29, 0.717) is 11.1 Å². The van der Waals surface area contributed by atoms with Gasteiger partial charge in [-0.3, -0.25) is 4.79 Å². The number of aliphatic hydroxyl groups is 1. The maximum Gasteiger partial charge on any atom is 0.306 e. The maximum atomic E-state index is 14.2. The van der Waals surface area contributed by atoms with Crippen LogP contribution in [-0.4, -0.2) is 18.2 Å². The number of carbonyl (C=O) groups excluding carboxylic acids is 1. The minimum atomic E-state index is -0.733. The van der Waals surface area contributed by atoms with Crippen molar-refractivity contribution in [3.05, 3.63) is 70.3 Å². The third-order valence-electron chi connectivity index (χ3n) is 3.78. The van der Waals surface area contributed by atoms with Crippen LogP contribution in [0.25, 0.3) is 0 Å². The molecule has 23 heavy (non-hydrogen) atoms. The standard InChI is InChI=1S/C18H18F2O3/c1-11-3-5-14(12(7-11)10-21)16(9-18(22)23-2)15-6-4-13(19)8-17(15)20/h3-8,16,21H,9-10H2,1-2H3. The fourth-order valence-electron chi connectivity index (χ4n) is 2.63. The summed E-state index contributed by atoms with van der Waals surface area (Å²) in [5.41, 5.74) is 2.35. The molecule has 0 saturated heterocycles. The summed E-state index contributed by atoms with van der Waals surface area (Å²) in [5.74, 6) is -2.59. The fraction of sp³-hybridized carbons (Fsp3) is 0.278. The molecular formula is C18H18F2O3. The molecule has 1 unspecified atom stereocenters. The zero-order valence-corrected chi connectivity index (χ0v) is 13.0. The predicted octanol–water partition coefficient (Wildman–Crippen LogP) is 3.46. The largest absolute Gasteiger partial charge is 0.469 e. The Bertz CT molecular complexity index is 713. The van der Waals surface area contributed by atoms with Gasteiger partial charge in [0.05, 0.1) is 20.1 Å². The van der Waals surface area contributed by atoms with Crippen LogP contribution < -0.4 is 0 Å². The van der Waals surface area contributed by atoms with Crippen LogP contribution in [0.15, 0.2) is 36.4 Å². The number of halogens is 2. The number of hydrogen-bond donors (Lipinski definition) is 1. The van der Waals surface area contributed by atoms with E-state index in [2.05, 4.69) is 4.74 Å². The lowest BCUT2D eigenvalue weighted by Crippen LogP contribution is -2.13. The van der Waals surface area contributed by atoms with Gasteiger partial charge in [0.2, 0.25) is 0 Å². The molecule has 1 N–H and O–H groups in total. The smallest absolute Gasteiger partial charge is 0.306 e. The second-order valence-corrected chi connectivity index (χ2v) is 5.36. The fourth-order valence-corrected chi connectivity index (χ4v) is 2.63. The molecule has 0 heterocycles. The number of aryl methyl sites for hydroxylation is 1. The van der Waals surface area contributed by atoms with Gasteiger partial charge < -0.3 is 9.84 Å². The third kappa shape index (κ3) is 3.93. The second-order valence-electron chi connectivity index (χ2n) is 5.36. The van der Waals surface area contributed by atoms with Crippen molar-refractivity contribution in [2.45, 2.75) is 25.9 Å². The van der Waals surface area contributed by atoms with E-state index in [1.165, 1.54) is 13.2 Å². The molecule has 0 fully saturated rings. The molecule has 2 aromatic rings. The van der Waals surface area contributed by atoms with Crippen LogP contribution in [0.5, 0.6) is 0 Å². The van der Waals surface area contributed by atoms with Crippen molar-refractivity contribution in [2.24, 2.45) is 0 Å². The Morgan fingerprint density at radius 3 is 2.48 bits per heavy atom. The van der Waals surface area contributed by atoms with Crippen molar-refractivity contribution in [1.29, 1.82) is 0 Å². The van der Waals surface area contributed by atoms with Gasteiger partial charge in [0.25, 0.3) is 0 Å². The summed E-state index contributed by atoms with van der Waals surface area (Å²) < 4.78 is 32.1. The minimum Gasteiger partial charge on any atom is -0.469 e. The topological polar surface area (TPSA) is 46.5 Å². The highest BCUT2D eigenvalue weighted by atomic mass is 19.1. The first-order valence-electron chi connectivity index (χ1n) is 7.18. The Hall–Kier alpha value is -2.27. The molecule has 0 spiro atoms. The molecule has 0 aliphatic rings. The molecule has 5 heteroatoms. The van der Waals surface area contributed by atoms with Crippen molar-refractivity contribution in [3.63, 3.8) is 0 Å². The molecule has 122 valence electrons. The van der Waals surface area contributed by atoms with Gasteiger partial charge in [-0.1, -0.05) is 29.8 Å². The number of ether oxygens (including phenoxy) is 1. The highest BCUT2D eigenvalue weighted by Crippen LogP contribution is 2.33. The Balaban J connectivity index is 2.56. The highest BCUT2D eigenvalue weighted by Gasteiger charge is 2.24. The van der Waals surface area contributed by atoms with Crippen LogP contribution in [-0.2, 0) is 16.1 Å². The van der Waals surface area contributed by atoms with E-state index < -0.39 is 23.5 Å². The molecular weight excluding hydrogens is 302 g/mol. The van der Waals surface area contributed by atoms with E-state index in [4.69, 9.17) is 0 Å². The van der Waals surface area contributed by atoms with Gasteiger partial charge in [0.15, 0.2) is 0 Å². The van der Waals surface area contributed by atoms with Gasteiger partial charge in [-0.25, -0.2) is 8.78 Å². The SMILES string of the molecule is COC(=O)CC(c1ccc(F)cc1F)c1ccc(C)cc1CO. The average molecular weight is 320 g/mol. The monoisotopic (exact) mass is 320 g/mol. The van der Waals surface area contributed by atoms with E-state index in [-0.39, 0.29) is 18.6 Å². The zero-order chi connectivity index (χ0) is 17.0. The summed E-state index contributed by atoms with van der Waals surface area (Å²) >= 11 is 0. The van der Waals surface area contributed by atoms with E-state index in [1.807, 2.05) is 13.0 Å². The third-order valence-corrected chi connectivity index (χ3v) is 3.78. The van der Waals surface area contributed by atoms with Crippen molar-refractivity contribution in [3.8, 4) is 0 Å². The minimum absolute atomic E-state index is 0.102. The quantitative estimate of drug-likeness (QED) is 0.858. The number of rotatable bonds is 5. The summed E-state index contributed by atoms with van der Waals surface area (Å²) in [5, 5.41) is 9.57. The number of carbonyl (C=O) groups is 1. The molecule has 0 bridgehead atoms. The lowest BCUT2D eigenvalue weighted by Gasteiger charge is -2.20. The summed E-state index contributed by atoms with van der Waals surface area (Å²) in [4.78, 5) is 11.7. The van der Waals surface area contributed by atoms with Crippen LogP contribution in [0.1, 0.15) is 34.6 Å². The summed E-state index contributed by atoms with van der Waals surface area (Å²) in [7, 11) is 1.25. The van der Waals surface area contributed by atoms with Crippen LogP contribution >= 0.6 is 0 Å². The summed E-state index contributed by atoms with van der Waals surface area (Å²) in [6.45, 7) is 1.63. The first-order valence-corrected chi connectivity index (χ1v) is 7.18. The molecule has 0 amide bonds. The van der Waals surface area contributed by atoms with Crippen molar-refractivity contribution >= 4 is 5.97 Å². The van der Waals surface area contributed by atoms with Crippen molar-refractivity contribution in [1.82, 2.24) is 0 Å². The maximum absolute atomic E-state index is 14.2. The number of aliphatic hydroxyl groups excluding tert-OH is 1. The molecule has 0 aliphatic heterocycles. The van der Waals surface area contributed by atoms with E-state index >= 15 is 0 Å². The molecule has 0 aromatic heterocycles. The summed E-state index contributed by atoms with van der Waals surface area (Å²) in [6, 6.07) is 8.60. The number of benzene rings is 2. The normalized spacial score (nSPS) is 12.0. The van der Waals surface area contributed by atoms with E-state index in [9.17, 15) is 18.7 Å². The van der Waals surface area contributed by atoms with Crippen molar-refractivity contribution < 1.29 is 23.4 Å². The number of esters is 1. The first-order chi connectivity index (χ1) is 11.0. The number of methoxy groups -OCH3 is 1. The van der Waals surface area contributed by atoms with Crippen LogP contribution in [0.2, 0.25) is 0 Å². The van der Waals surface area contributed by atoms with Crippen LogP contribution in [0.4, 0.5) is 8.78 Å². The zero-order valence-electron chi connectivity index (χ0n) is 13.0. The Morgan fingerprint density at radius 1 is 1.17 bits per heavy atom. The average Bonchev–Trinajstić information content (AvgIpc) is 2.53. The predicted molar refractivity (Wildman–Crippen MR) is 81.9 cm³/mol. The molecule has 1 atom stereocenters. The van der Waals surface area contributed by atoms with Gasteiger partial charge >= 0.3 is 5.97 Å². The Labute approximate surface area is 133 Å². The molecule has 0 saturated carbocycles. The lowest BCUT2D eigenvalue weighted by molar-refractivity contribution is -0.140.